The van der Waals surface area contributed by atoms with Crippen LogP contribution in [0.5, 0.6) is 0 Å². The average Bonchev–Trinajstić information content (AvgIpc) is 2.02. The molecule has 0 aliphatic heterocycles. The van der Waals surface area contributed by atoms with Gasteiger partial charge in [0, 0.05) is 12.0 Å². The molecular weight excluding hydrogens is 218 g/mol. The number of carbonyl (C=O) groups is 1. The molecular formula is C9H6BrNO. The van der Waals surface area contributed by atoms with Gasteiger partial charge in [0.1, 0.15) is 0 Å². The molecule has 1 aliphatic carbocycles. The van der Waals surface area contributed by atoms with Crippen LogP contribution in [0.4, 0.5) is 0 Å². The molecule has 2 nitrogen and oxygen atoms in total. The number of hydrogen-bond donors (Lipinski definition) is 0. The van der Waals surface area contributed by atoms with Crippen LogP contribution in [-0.2, 0) is 6.42 Å². The van der Waals surface area contributed by atoms with Gasteiger partial charge in [-0.25, -0.2) is 0 Å². The molecule has 0 heterocycles. The smallest absolute Gasteiger partial charge is 0.167 e. The van der Waals surface area contributed by atoms with Gasteiger partial charge in [0.15, 0.2) is 5.78 Å². The molecule has 12 heavy (non-hydrogen) atoms. The van der Waals surface area contributed by atoms with Crippen molar-refractivity contribution < 1.29 is 4.79 Å². The van der Waals surface area contributed by atoms with Crippen LogP contribution in [-0.4, -0.2) is 5.78 Å². The van der Waals surface area contributed by atoms with Crippen molar-refractivity contribution >= 4 is 22.8 Å². The van der Waals surface area contributed by atoms with Gasteiger partial charge in [0.2, 0.25) is 0 Å². The molecule has 1 aromatic rings. The van der Waals surface area contributed by atoms with Crippen molar-refractivity contribution in [2.45, 2.75) is 6.42 Å². The summed E-state index contributed by atoms with van der Waals surface area (Å²) in [5, 5.41) is 8.51. The maximum Gasteiger partial charge on any atom is 0.167 e. The predicted molar refractivity (Wildman–Crippen MR) is 49.5 cm³/mol. The van der Waals surface area contributed by atoms with E-state index in [0.29, 0.717) is 12.0 Å². The van der Waals surface area contributed by atoms with Gasteiger partial charge < -0.3 is 0 Å². The molecule has 3 heteroatoms. The molecule has 0 spiro atoms. The third-order valence-corrected chi connectivity index (χ3v) is 1.89. The summed E-state index contributed by atoms with van der Waals surface area (Å²) in [5.41, 5.74) is 2.43. The van der Waals surface area contributed by atoms with E-state index in [4.69, 9.17) is 5.26 Å². The predicted octanol–water partition coefficient (Wildman–Crippen LogP) is 1.87. The van der Waals surface area contributed by atoms with Crippen molar-refractivity contribution in [1.29, 1.82) is 5.26 Å². The zero-order chi connectivity index (χ0) is 7.84. The van der Waals surface area contributed by atoms with Crippen molar-refractivity contribution in [2.24, 2.45) is 0 Å². The van der Waals surface area contributed by atoms with Gasteiger partial charge in [-0.3, -0.25) is 4.79 Å². The zero-order valence-electron chi connectivity index (χ0n) is 6.20. The van der Waals surface area contributed by atoms with Gasteiger partial charge in [-0.05, 0) is 23.8 Å². The van der Waals surface area contributed by atoms with Gasteiger partial charge in [-0.2, -0.15) is 5.26 Å². The highest BCUT2D eigenvalue weighted by Gasteiger charge is 2.22. The lowest BCUT2D eigenvalue weighted by Gasteiger charge is -2.15. The Balaban J connectivity index is 0.000000720. The molecule has 0 saturated heterocycles. The second-order valence-electron chi connectivity index (χ2n) is 2.58. The van der Waals surface area contributed by atoms with Crippen LogP contribution >= 0.6 is 17.0 Å². The second kappa shape index (κ2) is 3.08. The minimum atomic E-state index is 0. The van der Waals surface area contributed by atoms with E-state index in [-0.39, 0.29) is 22.8 Å². The molecule has 0 unspecified atom stereocenters. The highest BCUT2D eigenvalue weighted by Crippen LogP contribution is 2.23. The van der Waals surface area contributed by atoms with E-state index in [1.807, 2.05) is 6.07 Å². The standard InChI is InChI=1S/C9H5NO.BrH/c10-5-6-1-2-8-7(3-6)4-9(8)11;/h1-3H,4H2;1H. The van der Waals surface area contributed by atoms with Crippen molar-refractivity contribution in [3.05, 3.63) is 34.9 Å². The summed E-state index contributed by atoms with van der Waals surface area (Å²) in [4.78, 5) is 10.8. The molecule has 0 atom stereocenters. The van der Waals surface area contributed by atoms with E-state index < -0.39 is 0 Å². The van der Waals surface area contributed by atoms with Crippen LogP contribution in [0.1, 0.15) is 21.5 Å². The Labute approximate surface area is 80.6 Å². The first kappa shape index (κ1) is 8.95. The summed E-state index contributed by atoms with van der Waals surface area (Å²) in [6.45, 7) is 0. The lowest BCUT2D eigenvalue weighted by atomic mass is 9.86. The van der Waals surface area contributed by atoms with Crippen molar-refractivity contribution in [1.82, 2.24) is 0 Å². The molecule has 0 radical (unpaired) electrons. The third-order valence-electron chi connectivity index (χ3n) is 1.89. The Bertz CT molecular complexity index is 379. The summed E-state index contributed by atoms with van der Waals surface area (Å²) in [5.74, 6) is 0.185. The van der Waals surface area contributed by atoms with Crippen molar-refractivity contribution in [3.63, 3.8) is 0 Å². The van der Waals surface area contributed by atoms with Gasteiger partial charge >= 0.3 is 0 Å². The Kier molecular flexibility index (Phi) is 2.30. The lowest BCUT2D eigenvalue weighted by Crippen LogP contribution is -2.18. The Morgan fingerprint density at radius 2 is 2.17 bits per heavy atom. The van der Waals surface area contributed by atoms with E-state index in [9.17, 15) is 4.79 Å². The largest absolute Gasteiger partial charge is 0.294 e. The van der Waals surface area contributed by atoms with E-state index in [1.165, 1.54) is 0 Å². The van der Waals surface area contributed by atoms with Gasteiger partial charge in [-0.15, -0.1) is 17.0 Å². The number of nitrogens with zero attached hydrogens (tertiary/aromatic N) is 1. The van der Waals surface area contributed by atoms with Crippen LogP contribution in [0.2, 0.25) is 0 Å². The maximum absolute atomic E-state index is 10.8. The quantitative estimate of drug-likeness (QED) is 0.674. The Hall–Kier alpha value is -1.14. The fourth-order valence-electron chi connectivity index (χ4n) is 1.24. The maximum atomic E-state index is 10.8. The molecule has 2 rings (SSSR count). The molecule has 60 valence electrons. The lowest BCUT2D eigenvalue weighted by molar-refractivity contribution is 0.0968. The molecule has 0 aromatic heterocycles. The number of halogens is 1. The first-order valence-electron chi connectivity index (χ1n) is 3.37. The second-order valence-corrected chi connectivity index (χ2v) is 2.58. The number of rotatable bonds is 0. The number of ketones is 1. The van der Waals surface area contributed by atoms with Crippen molar-refractivity contribution in [3.8, 4) is 6.07 Å². The topological polar surface area (TPSA) is 40.9 Å². The molecule has 1 aromatic carbocycles. The fourth-order valence-corrected chi connectivity index (χ4v) is 1.24. The van der Waals surface area contributed by atoms with Gasteiger partial charge in [0.25, 0.3) is 0 Å². The average molecular weight is 224 g/mol. The van der Waals surface area contributed by atoms with E-state index in [0.717, 1.165) is 11.1 Å². The molecule has 0 bridgehead atoms. The number of nitriles is 1. The number of Topliss-reactive ketones (excluding diaryl/α,β-unsaturated/α-hetero) is 1. The van der Waals surface area contributed by atoms with E-state index >= 15 is 0 Å². The summed E-state index contributed by atoms with van der Waals surface area (Å²) in [7, 11) is 0. The van der Waals surface area contributed by atoms with E-state index in [2.05, 4.69) is 0 Å². The summed E-state index contributed by atoms with van der Waals surface area (Å²) in [6.07, 6.45) is 0.505. The van der Waals surface area contributed by atoms with Gasteiger partial charge in [-0.1, -0.05) is 0 Å². The number of hydrogen-bond acceptors (Lipinski definition) is 2. The molecule has 0 fully saturated rings. The zero-order valence-corrected chi connectivity index (χ0v) is 7.92. The third kappa shape index (κ3) is 1.15. The Morgan fingerprint density at radius 3 is 2.67 bits per heavy atom. The molecule has 0 saturated carbocycles. The fraction of sp³-hybridized carbons (Fsp3) is 0.111. The van der Waals surface area contributed by atoms with Gasteiger partial charge in [0.05, 0.1) is 11.6 Å². The first-order chi connectivity index (χ1) is 5.31. The number of fused-ring (bicyclic) bond motifs is 1. The monoisotopic (exact) mass is 223 g/mol. The SMILES string of the molecule is Br.N#Cc1ccc2c(c1)CC2=O. The molecule has 0 N–H and O–H groups in total. The first-order valence-corrected chi connectivity index (χ1v) is 3.37. The van der Waals surface area contributed by atoms with Crippen LogP contribution < -0.4 is 0 Å². The molecule has 0 amide bonds. The van der Waals surface area contributed by atoms with E-state index in [1.54, 1.807) is 18.2 Å². The normalized spacial score (nSPS) is 12.1. The summed E-state index contributed by atoms with van der Waals surface area (Å²) in [6, 6.07) is 7.21. The number of carbonyl (C=O) groups excluding carboxylic acids is 1. The molecule has 1 aliphatic rings. The van der Waals surface area contributed by atoms with Crippen LogP contribution in [0.15, 0.2) is 18.2 Å². The highest BCUT2D eigenvalue weighted by molar-refractivity contribution is 8.93. The number of benzene rings is 1. The summed E-state index contributed by atoms with van der Waals surface area (Å²) < 4.78 is 0. The minimum absolute atomic E-state index is 0. The van der Waals surface area contributed by atoms with Crippen LogP contribution in [0.3, 0.4) is 0 Å². The Morgan fingerprint density at radius 1 is 1.42 bits per heavy atom. The minimum Gasteiger partial charge on any atom is -0.294 e. The summed E-state index contributed by atoms with van der Waals surface area (Å²) >= 11 is 0. The highest BCUT2D eigenvalue weighted by atomic mass is 79.9. The van der Waals surface area contributed by atoms with Crippen molar-refractivity contribution in [2.75, 3.05) is 0 Å². The van der Waals surface area contributed by atoms with Crippen LogP contribution in [0, 0.1) is 11.3 Å². The van der Waals surface area contributed by atoms with Crippen LogP contribution in [0.25, 0.3) is 0 Å².